The highest BCUT2D eigenvalue weighted by Crippen LogP contribution is 2.18. The Labute approximate surface area is 150 Å². The first-order chi connectivity index (χ1) is 10.2. The van der Waals surface area contributed by atoms with Gasteiger partial charge in [-0.15, -0.1) is 24.0 Å². The van der Waals surface area contributed by atoms with Gasteiger partial charge in [0.05, 0.1) is 6.20 Å². The van der Waals surface area contributed by atoms with Crippen molar-refractivity contribution in [1.29, 1.82) is 0 Å². The molecule has 0 spiro atoms. The predicted octanol–water partition coefficient (Wildman–Crippen LogP) is 2.16. The van der Waals surface area contributed by atoms with Gasteiger partial charge in [-0.2, -0.15) is 5.10 Å². The minimum absolute atomic E-state index is 0. The van der Waals surface area contributed by atoms with Crippen molar-refractivity contribution in [2.45, 2.75) is 32.7 Å². The number of hydrogen-bond acceptors (Lipinski definition) is 3. The number of nitrogens with one attached hydrogen (secondary N) is 2. The molecular weight excluding hydrogens is 393 g/mol. The van der Waals surface area contributed by atoms with Crippen molar-refractivity contribution in [3.63, 3.8) is 0 Å². The van der Waals surface area contributed by atoms with Crippen LogP contribution in [-0.4, -0.2) is 54.9 Å². The van der Waals surface area contributed by atoms with E-state index in [1.54, 1.807) is 0 Å². The zero-order valence-electron chi connectivity index (χ0n) is 13.8. The quantitative estimate of drug-likeness (QED) is 0.435. The lowest BCUT2D eigenvalue weighted by Gasteiger charge is -2.26. The van der Waals surface area contributed by atoms with E-state index < -0.39 is 0 Å². The number of guanidine groups is 1. The molecule has 2 rings (SSSR count). The summed E-state index contributed by atoms with van der Waals surface area (Å²) < 4.78 is 5.41. The van der Waals surface area contributed by atoms with E-state index in [1.165, 1.54) is 24.8 Å². The van der Waals surface area contributed by atoms with Crippen molar-refractivity contribution in [3.8, 4) is 0 Å². The number of aryl methyl sites for hydroxylation is 1. The first-order valence-corrected chi connectivity index (χ1v) is 7.69. The highest BCUT2D eigenvalue weighted by Gasteiger charge is 2.15. The summed E-state index contributed by atoms with van der Waals surface area (Å²) in [6.45, 7) is 5.63. The molecule has 0 bridgehead atoms. The smallest absolute Gasteiger partial charge is 0.193 e. The van der Waals surface area contributed by atoms with Crippen molar-refractivity contribution >= 4 is 29.9 Å². The van der Waals surface area contributed by atoms with Crippen molar-refractivity contribution in [1.82, 2.24) is 20.4 Å². The van der Waals surface area contributed by atoms with Gasteiger partial charge in [-0.05, 0) is 32.1 Å². The van der Waals surface area contributed by atoms with Gasteiger partial charge in [0.25, 0.3) is 0 Å². The number of nitrogens with zero attached hydrogens (tertiary/aromatic N) is 3. The first kappa shape index (κ1) is 19.2. The summed E-state index contributed by atoms with van der Waals surface area (Å²) in [5.41, 5.74) is 2.27. The van der Waals surface area contributed by atoms with Crippen LogP contribution >= 0.6 is 24.0 Å². The van der Waals surface area contributed by atoms with Crippen LogP contribution in [0.5, 0.6) is 0 Å². The Kier molecular flexibility index (Phi) is 8.77. The van der Waals surface area contributed by atoms with Gasteiger partial charge >= 0.3 is 0 Å². The fourth-order valence-corrected chi connectivity index (χ4v) is 2.63. The lowest BCUT2D eigenvalue weighted by Crippen LogP contribution is -2.39. The maximum atomic E-state index is 5.41. The van der Waals surface area contributed by atoms with E-state index >= 15 is 0 Å². The van der Waals surface area contributed by atoms with E-state index in [-0.39, 0.29) is 24.0 Å². The zero-order valence-corrected chi connectivity index (χ0v) is 16.1. The SMILES string of the molecule is CN=C(NCc1cn[nH]c1C)N(C)CCC1CCOCC1.I. The Morgan fingerprint density at radius 3 is 2.82 bits per heavy atom. The van der Waals surface area contributed by atoms with Crippen LogP contribution in [0, 0.1) is 12.8 Å². The molecule has 1 aliphatic heterocycles. The van der Waals surface area contributed by atoms with Crippen molar-refractivity contribution < 1.29 is 4.74 Å². The number of aliphatic imine (C=N–C) groups is 1. The van der Waals surface area contributed by atoms with Crippen LogP contribution in [0.15, 0.2) is 11.2 Å². The molecule has 0 saturated carbocycles. The molecule has 6 nitrogen and oxygen atoms in total. The summed E-state index contributed by atoms with van der Waals surface area (Å²) in [6, 6.07) is 0. The third kappa shape index (κ3) is 5.75. The van der Waals surface area contributed by atoms with E-state index in [9.17, 15) is 0 Å². The summed E-state index contributed by atoms with van der Waals surface area (Å²) in [6.07, 6.45) is 5.44. The van der Waals surface area contributed by atoms with Crippen LogP contribution in [0.2, 0.25) is 0 Å². The fourth-order valence-electron chi connectivity index (χ4n) is 2.63. The van der Waals surface area contributed by atoms with Gasteiger partial charge in [-0.3, -0.25) is 10.1 Å². The average molecular weight is 421 g/mol. The molecule has 0 unspecified atom stereocenters. The molecule has 7 heteroatoms. The summed E-state index contributed by atoms with van der Waals surface area (Å²) in [7, 11) is 3.92. The number of halogens is 1. The lowest BCUT2D eigenvalue weighted by atomic mass is 9.96. The monoisotopic (exact) mass is 421 g/mol. The standard InChI is InChI=1S/C15H27N5O.HI/c1-12-14(11-18-19-12)10-17-15(16-2)20(3)7-4-13-5-8-21-9-6-13;/h11,13H,4-10H2,1-3H3,(H,16,17)(H,18,19);1H. The summed E-state index contributed by atoms with van der Waals surface area (Å²) >= 11 is 0. The van der Waals surface area contributed by atoms with Crippen LogP contribution in [0.1, 0.15) is 30.5 Å². The van der Waals surface area contributed by atoms with Crippen LogP contribution in [-0.2, 0) is 11.3 Å². The third-order valence-electron chi connectivity index (χ3n) is 4.16. The molecule has 1 saturated heterocycles. The molecule has 126 valence electrons. The van der Waals surface area contributed by atoms with Crippen molar-refractivity contribution in [2.24, 2.45) is 10.9 Å². The number of H-pyrrole nitrogens is 1. The van der Waals surface area contributed by atoms with Crippen molar-refractivity contribution in [3.05, 3.63) is 17.5 Å². The van der Waals surface area contributed by atoms with Crippen LogP contribution in [0.25, 0.3) is 0 Å². The highest BCUT2D eigenvalue weighted by molar-refractivity contribution is 14.0. The molecule has 0 radical (unpaired) electrons. The van der Waals surface area contributed by atoms with Gasteiger partial charge in [0.15, 0.2) is 5.96 Å². The maximum absolute atomic E-state index is 5.41. The largest absolute Gasteiger partial charge is 0.381 e. The second kappa shape index (κ2) is 10.0. The van der Waals surface area contributed by atoms with Gasteiger partial charge in [-0.1, -0.05) is 0 Å². The Morgan fingerprint density at radius 1 is 1.50 bits per heavy atom. The number of rotatable bonds is 5. The fraction of sp³-hybridized carbons (Fsp3) is 0.733. The molecule has 0 aliphatic carbocycles. The van der Waals surface area contributed by atoms with Crippen LogP contribution in [0.4, 0.5) is 0 Å². The lowest BCUT2D eigenvalue weighted by molar-refractivity contribution is 0.0625. The molecule has 1 fully saturated rings. The summed E-state index contributed by atoms with van der Waals surface area (Å²) in [4.78, 5) is 6.56. The molecule has 1 aromatic heterocycles. The normalized spacial score (nSPS) is 16.2. The molecule has 2 N–H and O–H groups in total. The zero-order chi connectivity index (χ0) is 15.1. The van der Waals surface area contributed by atoms with Gasteiger partial charge in [0.2, 0.25) is 0 Å². The Balaban J connectivity index is 0.00000242. The Morgan fingerprint density at radius 2 is 2.23 bits per heavy atom. The topological polar surface area (TPSA) is 65.5 Å². The van der Waals surface area contributed by atoms with Gasteiger partial charge in [0, 0.05) is 51.7 Å². The molecule has 0 atom stereocenters. The summed E-state index contributed by atoms with van der Waals surface area (Å²) in [5, 5.41) is 10.4. The number of aromatic amines is 1. The predicted molar refractivity (Wildman–Crippen MR) is 99.7 cm³/mol. The summed E-state index contributed by atoms with van der Waals surface area (Å²) in [5.74, 6) is 1.72. The van der Waals surface area contributed by atoms with Gasteiger partial charge in [0.1, 0.15) is 0 Å². The second-order valence-electron chi connectivity index (χ2n) is 5.69. The molecule has 0 amide bonds. The Bertz CT molecular complexity index is 457. The minimum atomic E-state index is 0. The highest BCUT2D eigenvalue weighted by atomic mass is 127. The van der Waals surface area contributed by atoms with Crippen LogP contribution < -0.4 is 5.32 Å². The molecule has 0 aromatic carbocycles. The number of ether oxygens (including phenoxy) is 1. The third-order valence-corrected chi connectivity index (χ3v) is 4.16. The maximum Gasteiger partial charge on any atom is 0.193 e. The molecule has 22 heavy (non-hydrogen) atoms. The van der Waals surface area contributed by atoms with Gasteiger partial charge in [-0.25, -0.2) is 0 Å². The molecule has 1 aliphatic rings. The Hall–Kier alpha value is -0.830. The minimum Gasteiger partial charge on any atom is -0.381 e. The van der Waals surface area contributed by atoms with E-state index in [0.717, 1.165) is 43.9 Å². The molecule has 2 heterocycles. The average Bonchev–Trinajstić information content (AvgIpc) is 2.92. The van der Waals surface area contributed by atoms with E-state index in [0.29, 0.717) is 0 Å². The molecular formula is C15H28IN5O. The van der Waals surface area contributed by atoms with Gasteiger partial charge < -0.3 is 15.0 Å². The van der Waals surface area contributed by atoms with E-state index in [1.807, 2.05) is 20.2 Å². The number of aromatic nitrogens is 2. The first-order valence-electron chi connectivity index (χ1n) is 7.69. The van der Waals surface area contributed by atoms with E-state index in [2.05, 4.69) is 32.5 Å². The van der Waals surface area contributed by atoms with E-state index in [4.69, 9.17) is 4.74 Å². The molecule has 1 aromatic rings. The number of hydrogen-bond donors (Lipinski definition) is 2. The second-order valence-corrected chi connectivity index (χ2v) is 5.69. The van der Waals surface area contributed by atoms with Crippen LogP contribution in [0.3, 0.4) is 0 Å². The van der Waals surface area contributed by atoms with Crippen molar-refractivity contribution in [2.75, 3.05) is 33.9 Å².